The second-order valence-corrected chi connectivity index (χ2v) is 5.53. The van der Waals surface area contributed by atoms with Gasteiger partial charge >= 0.3 is 0 Å². The zero-order chi connectivity index (χ0) is 14.4. The van der Waals surface area contributed by atoms with Gasteiger partial charge in [0.25, 0.3) is 0 Å². The number of nitrogens with zero attached hydrogens (tertiary/aromatic N) is 2. The lowest BCUT2D eigenvalue weighted by Crippen LogP contribution is -2.39. The van der Waals surface area contributed by atoms with Gasteiger partial charge in [0.1, 0.15) is 0 Å². The van der Waals surface area contributed by atoms with Gasteiger partial charge in [0.15, 0.2) is 5.82 Å². The molecular weight excluding hydrogens is 252 g/mol. The molecule has 2 aromatic rings. The fourth-order valence-electron chi connectivity index (χ4n) is 1.95. The maximum atomic E-state index is 5.44. The summed E-state index contributed by atoms with van der Waals surface area (Å²) in [4.78, 5) is 4.18. The number of aryl methyl sites for hydroxylation is 1. The first-order valence-corrected chi connectivity index (χ1v) is 6.89. The molecule has 0 saturated heterocycles. The molecule has 0 unspecified atom stereocenters. The SMILES string of the molecule is CC(C)(CCc1ccccc1)NCc1noc(CN)n1. The van der Waals surface area contributed by atoms with Gasteiger partial charge in [0.2, 0.25) is 5.89 Å². The van der Waals surface area contributed by atoms with Crippen LogP contribution in [0.4, 0.5) is 0 Å². The van der Waals surface area contributed by atoms with Gasteiger partial charge in [-0.05, 0) is 32.3 Å². The van der Waals surface area contributed by atoms with E-state index >= 15 is 0 Å². The van der Waals surface area contributed by atoms with Crippen LogP contribution in [0, 0.1) is 0 Å². The van der Waals surface area contributed by atoms with E-state index in [0.29, 0.717) is 18.3 Å². The zero-order valence-corrected chi connectivity index (χ0v) is 12.1. The van der Waals surface area contributed by atoms with Gasteiger partial charge in [0.05, 0.1) is 13.1 Å². The summed E-state index contributed by atoms with van der Waals surface area (Å²) in [7, 11) is 0. The van der Waals surface area contributed by atoms with Crippen molar-refractivity contribution < 1.29 is 4.52 Å². The van der Waals surface area contributed by atoms with E-state index in [1.54, 1.807) is 0 Å². The van der Waals surface area contributed by atoms with E-state index in [0.717, 1.165) is 12.8 Å². The molecule has 1 aromatic carbocycles. The molecule has 0 radical (unpaired) electrons. The predicted octanol–water partition coefficient (Wildman–Crippen LogP) is 2.03. The molecular formula is C15H22N4O. The summed E-state index contributed by atoms with van der Waals surface area (Å²) in [5.41, 5.74) is 6.81. The van der Waals surface area contributed by atoms with Gasteiger partial charge in [-0.15, -0.1) is 0 Å². The molecule has 0 saturated carbocycles. The summed E-state index contributed by atoms with van der Waals surface area (Å²) in [6.07, 6.45) is 2.08. The van der Waals surface area contributed by atoms with Gasteiger partial charge in [0, 0.05) is 5.54 Å². The normalized spacial score (nSPS) is 11.8. The van der Waals surface area contributed by atoms with Gasteiger partial charge in [-0.2, -0.15) is 4.98 Å². The van der Waals surface area contributed by atoms with Crippen molar-refractivity contribution in [3.8, 4) is 0 Å². The third kappa shape index (κ3) is 4.43. The average molecular weight is 274 g/mol. The first-order chi connectivity index (χ1) is 9.59. The molecule has 0 amide bonds. The highest BCUT2D eigenvalue weighted by Gasteiger charge is 2.18. The molecule has 5 nitrogen and oxygen atoms in total. The molecule has 3 N–H and O–H groups in total. The number of hydrogen-bond donors (Lipinski definition) is 2. The molecule has 0 aliphatic heterocycles. The van der Waals surface area contributed by atoms with Crippen molar-refractivity contribution in [1.82, 2.24) is 15.5 Å². The van der Waals surface area contributed by atoms with Crippen LogP contribution < -0.4 is 11.1 Å². The van der Waals surface area contributed by atoms with Gasteiger partial charge in [-0.3, -0.25) is 0 Å². The molecule has 0 atom stereocenters. The van der Waals surface area contributed by atoms with Crippen molar-refractivity contribution in [1.29, 1.82) is 0 Å². The fourth-order valence-corrected chi connectivity index (χ4v) is 1.95. The van der Waals surface area contributed by atoms with Crippen LogP contribution >= 0.6 is 0 Å². The van der Waals surface area contributed by atoms with Crippen LogP contribution in [0.5, 0.6) is 0 Å². The Labute approximate surface area is 119 Å². The molecule has 1 heterocycles. The fraction of sp³-hybridized carbons (Fsp3) is 0.467. The Bertz CT molecular complexity index is 522. The van der Waals surface area contributed by atoms with E-state index in [1.807, 2.05) is 6.07 Å². The lowest BCUT2D eigenvalue weighted by atomic mass is 9.95. The van der Waals surface area contributed by atoms with E-state index in [-0.39, 0.29) is 12.1 Å². The van der Waals surface area contributed by atoms with Crippen molar-refractivity contribution in [2.45, 2.75) is 45.3 Å². The lowest BCUT2D eigenvalue weighted by Gasteiger charge is -2.25. The van der Waals surface area contributed by atoms with Crippen molar-refractivity contribution >= 4 is 0 Å². The molecule has 2 rings (SSSR count). The lowest BCUT2D eigenvalue weighted by molar-refractivity contribution is 0.343. The Morgan fingerprint density at radius 2 is 2.00 bits per heavy atom. The first-order valence-electron chi connectivity index (χ1n) is 6.89. The molecule has 0 aliphatic rings. The van der Waals surface area contributed by atoms with E-state index in [4.69, 9.17) is 10.3 Å². The minimum Gasteiger partial charge on any atom is -0.338 e. The second-order valence-electron chi connectivity index (χ2n) is 5.53. The Balaban J connectivity index is 1.81. The van der Waals surface area contributed by atoms with Crippen LogP contribution in [0.15, 0.2) is 34.9 Å². The van der Waals surface area contributed by atoms with Crippen molar-refractivity contribution in [3.63, 3.8) is 0 Å². The summed E-state index contributed by atoms with van der Waals surface area (Å²) in [6.45, 7) is 5.23. The van der Waals surface area contributed by atoms with Gasteiger partial charge in [-0.1, -0.05) is 35.5 Å². The number of hydrogen-bond acceptors (Lipinski definition) is 5. The summed E-state index contributed by atoms with van der Waals surface area (Å²) >= 11 is 0. The van der Waals surface area contributed by atoms with Crippen LogP contribution in [0.1, 0.15) is 37.5 Å². The highest BCUT2D eigenvalue weighted by atomic mass is 16.5. The Kier molecular flexibility index (Phi) is 4.87. The zero-order valence-electron chi connectivity index (χ0n) is 12.1. The van der Waals surface area contributed by atoms with Crippen molar-refractivity contribution in [2.24, 2.45) is 5.73 Å². The molecule has 0 spiro atoms. The predicted molar refractivity (Wildman–Crippen MR) is 77.9 cm³/mol. The third-order valence-corrected chi connectivity index (χ3v) is 3.29. The minimum atomic E-state index is 0.0132. The van der Waals surface area contributed by atoms with Gasteiger partial charge < -0.3 is 15.6 Å². The van der Waals surface area contributed by atoms with Crippen LogP contribution in [0.2, 0.25) is 0 Å². The molecule has 20 heavy (non-hydrogen) atoms. The molecule has 108 valence electrons. The van der Waals surface area contributed by atoms with Crippen LogP contribution in [-0.4, -0.2) is 15.7 Å². The number of benzene rings is 1. The number of nitrogens with two attached hydrogens (primary N) is 1. The summed E-state index contributed by atoms with van der Waals surface area (Å²) in [5, 5.41) is 7.34. The van der Waals surface area contributed by atoms with Crippen molar-refractivity contribution in [2.75, 3.05) is 0 Å². The Morgan fingerprint density at radius 3 is 2.65 bits per heavy atom. The molecule has 1 aromatic heterocycles. The standard InChI is InChI=1S/C15H22N4O/c1-15(2,9-8-12-6-4-3-5-7-12)17-11-13-18-14(10-16)20-19-13/h3-7,17H,8-11,16H2,1-2H3. The third-order valence-electron chi connectivity index (χ3n) is 3.29. The van der Waals surface area contributed by atoms with E-state index in [9.17, 15) is 0 Å². The minimum absolute atomic E-state index is 0.0132. The molecule has 0 bridgehead atoms. The summed E-state index contributed by atoms with van der Waals surface area (Å²) in [5.74, 6) is 1.13. The largest absolute Gasteiger partial charge is 0.338 e. The Hall–Kier alpha value is -1.72. The van der Waals surface area contributed by atoms with E-state index < -0.39 is 0 Å². The van der Waals surface area contributed by atoms with E-state index in [2.05, 4.69) is 53.6 Å². The number of aromatic nitrogens is 2. The molecule has 0 aliphatic carbocycles. The maximum absolute atomic E-state index is 5.44. The Morgan fingerprint density at radius 1 is 1.25 bits per heavy atom. The first kappa shape index (κ1) is 14.7. The molecule has 5 heteroatoms. The summed E-state index contributed by atoms with van der Waals surface area (Å²) < 4.78 is 4.98. The topological polar surface area (TPSA) is 77.0 Å². The van der Waals surface area contributed by atoms with E-state index in [1.165, 1.54) is 5.56 Å². The number of nitrogens with one attached hydrogen (secondary N) is 1. The average Bonchev–Trinajstić information content (AvgIpc) is 2.93. The smallest absolute Gasteiger partial charge is 0.240 e. The van der Waals surface area contributed by atoms with Crippen LogP contribution in [0.3, 0.4) is 0 Å². The maximum Gasteiger partial charge on any atom is 0.240 e. The van der Waals surface area contributed by atoms with Crippen LogP contribution in [-0.2, 0) is 19.5 Å². The monoisotopic (exact) mass is 274 g/mol. The van der Waals surface area contributed by atoms with Crippen LogP contribution in [0.25, 0.3) is 0 Å². The number of rotatable bonds is 7. The van der Waals surface area contributed by atoms with Crippen molar-refractivity contribution in [3.05, 3.63) is 47.6 Å². The quantitative estimate of drug-likeness (QED) is 0.808. The molecule has 0 fully saturated rings. The second kappa shape index (κ2) is 6.63. The highest BCUT2D eigenvalue weighted by Crippen LogP contribution is 2.14. The highest BCUT2D eigenvalue weighted by molar-refractivity contribution is 5.15. The van der Waals surface area contributed by atoms with Gasteiger partial charge in [-0.25, -0.2) is 0 Å². The summed E-state index contributed by atoms with van der Waals surface area (Å²) in [6, 6.07) is 10.5.